The first kappa shape index (κ1) is 45.9. The van der Waals surface area contributed by atoms with E-state index in [1.165, 1.54) is 173 Å². The second-order valence-electron chi connectivity index (χ2n) is 14.4. The van der Waals surface area contributed by atoms with Crippen molar-refractivity contribution in [1.82, 2.24) is 5.32 Å². The molecule has 0 heterocycles. The van der Waals surface area contributed by atoms with E-state index in [4.69, 9.17) is 0 Å². The number of rotatable bonds is 38. The van der Waals surface area contributed by atoms with Crippen LogP contribution in [0.3, 0.4) is 0 Å². The molecular weight excluding hydrogens is 578 g/mol. The molecule has 3 N–H and O–H groups in total. The van der Waals surface area contributed by atoms with Crippen molar-refractivity contribution in [3.63, 3.8) is 0 Å². The lowest BCUT2D eigenvalue weighted by molar-refractivity contribution is -0.123. The number of hydrogen-bond donors (Lipinski definition) is 3. The van der Waals surface area contributed by atoms with Gasteiger partial charge in [0.2, 0.25) is 5.91 Å². The lowest BCUT2D eigenvalue weighted by Gasteiger charge is -2.19. The van der Waals surface area contributed by atoms with Gasteiger partial charge in [0, 0.05) is 6.42 Å². The van der Waals surface area contributed by atoms with Crippen LogP contribution in [-0.4, -0.2) is 34.9 Å². The van der Waals surface area contributed by atoms with E-state index in [1.807, 2.05) is 6.08 Å². The second kappa shape index (κ2) is 39.3. The Morgan fingerprint density at radius 2 is 0.830 bits per heavy atom. The number of hydrogen-bond acceptors (Lipinski definition) is 3. The topological polar surface area (TPSA) is 69.6 Å². The van der Waals surface area contributed by atoms with Crippen molar-refractivity contribution < 1.29 is 15.0 Å². The summed E-state index contributed by atoms with van der Waals surface area (Å²) in [5, 5.41) is 23.0. The van der Waals surface area contributed by atoms with Crippen molar-refractivity contribution >= 4 is 5.91 Å². The Kier molecular flexibility index (Phi) is 38.4. The fourth-order valence-electron chi connectivity index (χ4n) is 6.43. The summed E-state index contributed by atoms with van der Waals surface area (Å²) in [4.78, 5) is 12.4. The maximum atomic E-state index is 12.4. The Balaban J connectivity index is 3.60. The van der Waals surface area contributed by atoms with Gasteiger partial charge in [0.25, 0.3) is 0 Å². The quantitative estimate of drug-likeness (QED) is 0.0455. The first-order valence-electron chi connectivity index (χ1n) is 21.1. The van der Waals surface area contributed by atoms with E-state index in [0.29, 0.717) is 6.42 Å². The highest BCUT2D eigenvalue weighted by molar-refractivity contribution is 5.76. The molecule has 0 radical (unpaired) electrons. The molecule has 0 saturated carbocycles. The summed E-state index contributed by atoms with van der Waals surface area (Å²) in [5.74, 6) is -0.0711. The number of allylic oxidation sites excluding steroid dienone is 3. The third-order valence-corrected chi connectivity index (χ3v) is 9.69. The van der Waals surface area contributed by atoms with E-state index in [2.05, 4.69) is 31.3 Å². The summed E-state index contributed by atoms with van der Waals surface area (Å²) in [6, 6.07) is -0.633. The Labute approximate surface area is 294 Å². The van der Waals surface area contributed by atoms with E-state index in [9.17, 15) is 15.0 Å². The molecule has 4 heteroatoms. The van der Waals surface area contributed by atoms with Gasteiger partial charge in [-0.3, -0.25) is 4.79 Å². The van der Waals surface area contributed by atoms with Gasteiger partial charge in [-0.2, -0.15) is 0 Å². The molecule has 0 rings (SSSR count). The standard InChI is InChI=1S/C43H83NO3/c1-3-5-7-9-11-13-15-17-19-21-23-24-26-28-30-32-34-36-38-42(46)41(40-45)44-43(47)39-37-35-33-31-29-27-25-22-20-18-16-14-12-10-8-6-4-2/h28,30,36,38,41-42,45-46H,3-27,29,31-35,37,39-40H2,1-2H3,(H,44,47)/b30-28+,38-36+. The summed E-state index contributed by atoms with van der Waals surface area (Å²) >= 11 is 0. The van der Waals surface area contributed by atoms with Gasteiger partial charge in [-0.05, 0) is 32.1 Å². The Hall–Kier alpha value is -1.13. The van der Waals surface area contributed by atoms with Crippen LogP contribution in [0.2, 0.25) is 0 Å². The zero-order valence-corrected chi connectivity index (χ0v) is 31.8. The minimum absolute atomic E-state index is 0.0711. The molecule has 0 aromatic heterocycles. The second-order valence-corrected chi connectivity index (χ2v) is 14.4. The average molecular weight is 662 g/mol. The van der Waals surface area contributed by atoms with Crippen molar-refractivity contribution in [2.45, 2.75) is 238 Å². The highest BCUT2D eigenvalue weighted by Gasteiger charge is 2.17. The molecule has 0 fully saturated rings. The summed E-state index contributed by atoms with van der Waals surface area (Å²) in [7, 11) is 0. The van der Waals surface area contributed by atoms with E-state index < -0.39 is 12.1 Å². The van der Waals surface area contributed by atoms with Crippen molar-refractivity contribution in [2.75, 3.05) is 6.61 Å². The maximum absolute atomic E-state index is 12.4. The molecule has 0 bridgehead atoms. The van der Waals surface area contributed by atoms with Gasteiger partial charge in [0.05, 0.1) is 18.8 Å². The van der Waals surface area contributed by atoms with E-state index in [1.54, 1.807) is 6.08 Å². The lowest BCUT2D eigenvalue weighted by Crippen LogP contribution is -2.45. The van der Waals surface area contributed by atoms with Crippen LogP contribution in [0.25, 0.3) is 0 Å². The van der Waals surface area contributed by atoms with Gasteiger partial charge < -0.3 is 15.5 Å². The summed E-state index contributed by atoms with van der Waals surface area (Å²) in [5.41, 5.74) is 0. The van der Waals surface area contributed by atoms with Crippen molar-refractivity contribution in [2.24, 2.45) is 0 Å². The van der Waals surface area contributed by atoms with Crippen LogP contribution in [0.1, 0.15) is 226 Å². The molecule has 0 aliphatic heterocycles. The number of unbranched alkanes of at least 4 members (excludes halogenated alkanes) is 29. The molecule has 2 atom stereocenters. The Morgan fingerprint density at radius 1 is 0.489 bits per heavy atom. The van der Waals surface area contributed by atoms with Gasteiger partial charge in [0.15, 0.2) is 0 Å². The van der Waals surface area contributed by atoms with Gasteiger partial charge in [-0.1, -0.05) is 212 Å². The van der Waals surface area contributed by atoms with E-state index in [-0.39, 0.29) is 12.5 Å². The van der Waals surface area contributed by atoms with Gasteiger partial charge in [-0.15, -0.1) is 0 Å². The Bertz CT molecular complexity index is 676. The van der Waals surface area contributed by atoms with Crippen LogP contribution in [0.4, 0.5) is 0 Å². The highest BCUT2D eigenvalue weighted by atomic mass is 16.3. The van der Waals surface area contributed by atoms with E-state index >= 15 is 0 Å². The predicted octanol–water partition coefficient (Wildman–Crippen LogP) is 12.8. The SMILES string of the molecule is CCCCCCCCCCCCCC/C=C/CC/C=C/C(O)C(CO)NC(=O)CCCCCCCCCCCCCCCCCCC. The molecule has 0 aromatic carbocycles. The van der Waals surface area contributed by atoms with Crippen LogP contribution in [-0.2, 0) is 4.79 Å². The predicted molar refractivity (Wildman–Crippen MR) is 207 cm³/mol. The molecule has 2 unspecified atom stereocenters. The van der Waals surface area contributed by atoms with Crippen LogP contribution in [0, 0.1) is 0 Å². The first-order valence-corrected chi connectivity index (χ1v) is 21.1. The number of aliphatic hydroxyl groups excluding tert-OH is 2. The number of aliphatic hydroxyl groups is 2. The fourth-order valence-corrected chi connectivity index (χ4v) is 6.43. The number of amides is 1. The largest absolute Gasteiger partial charge is 0.394 e. The molecule has 0 aromatic rings. The number of carbonyl (C=O) groups is 1. The van der Waals surface area contributed by atoms with Crippen LogP contribution < -0.4 is 5.32 Å². The monoisotopic (exact) mass is 662 g/mol. The van der Waals surface area contributed by atoms with Crippen molar-refractivity contribution in [1.29, 1.82) is 0 Å². The zero-order valence-electron chi connectivity index (χ0n) is 31.8. The number of carbonyl (C=O) groups excluding carboxylic acids is 1. The highest BCUT2D eigenvalue weighted by Crippen LogP contribution is 2.15. The van der Waals surface area contributed by atoms with Gasteiger partial charge >= 0.3 is 0 Å². The molecular formula is C43H83NO3. The maximum Gasteiger partial charge on any atom is 0.220 e. The molecule has 278 valence electrons. The molecule has 47 heavy (non-hydrogen) atoms. The summed E-state index contributed by atoms with van der Waals surface area (Å²) < 4.78 is 0. The lowest BCUT2D eigenvalue weighted by atomic mass is 10.0. The van der Waals surface area contributed by atoms with Crippen LogP contribution >= 0.6 is 0 Å². The molecule has 0 aliphatic rings. The number of nitrogens with one attached hydrogen (secondary N) is 1. The van der Waals surface area contributed by atoms with Crippen LogP contribution in [0.15, 0.2) is 24.3 Å². The average Bonchev–Trinajstić information content (AvgIpc) is 3.07. The molecule has 1 amide bonds. The molecule has 0 saturated heterocycles. The molecule has 0 aliphatic carbocycles. The third-order valence-electron chi connectivity index (χ3n) is 9.69. The smallest absolute Gasteiger partial charge is 0.220 e. The minimum atomic E-state index is -0.857. The summed E-state index contributed by atoms with van der Waals surface area (Å²) in [6.07, 6.45) is 49.9. The summed E-state index contributed by atoms with van der Waals surface area (Å²) in [6.45, 7) is 4.31. The zero-order chi connectivity index (χ0) is 34.3. The van der Waals surface area contributed by atoms with Gasteiger partial charge in [-0.25, -0.2) is 0 Å². The fraction of sp³-hybridized carbons (Fsp3) is 0.884. The van der Waals surface area contributed by atoms with Crippen LogP contribution in [0.5, 0.6) is 0 Å². The molecule has 0 spiro atoms. The first-order chi connectivity index (χ1) is 23.2. The van der Waals surface area contributed by atoms with Gasteiger partial charge in [0.1, 0.15) is 0 Å². The van der Waals surface area contributed by atoms with Crippen molar-refractivity contribution in [3.05, 3.63) is 24.3 Å². The normalized spacial score (nSPS) is 13.2. The minimum Gasteiger partial charge on any atom is -0.394 e. The third kappa shape index (κ3) is 36.0. The Morgan fingerprint density at radius 3 is 1.23 bits per heavy atom. The molecule has 4 nitrogen and oxygen atoms in total. The van der Waals surface area contributed by atoms with Crippen molar-refractivity contribution in [3.8, 4) is 0 Å². The van der Waals surface area contributed by atoms with E-state index in [0.717, 1.165) is 32.1 Å².